The molecule has 0 saturated carbocycles. The summed E-state index contributed by atoms with van der Waals surface area (Å²) in [5, 5.41) is 10.5. The van der Waals surface area contributed by atoms with Crippen molar-refractivity contribution in [2.24, 2.45) is 0 Å². The number of aliphatic hydroxyl groups is 1. The number of halogens is 2. The lowest BCUT2D eigenvalue weighted by Gasteiger charge is -2.25. The van der Waals surface area contributed by atoms with E-state index < -0.39 is 6.04 Å². The number of aryl methyl sites for hydroxylation is 2. The van der Waals surface area contributed by atoms with Crippen molar-refractivity contribution in [2.45, 2.75) is 26.3 Å². The van der Waals surface area contributed by atoms with Gasteiger partial charge in [-0.15, -0.1) is 0 Å². The lowest BCUT2D eigenvalue weighted by atomic mass is 9.97. The summed E-state index contributed by atoms with van der Waals surface area (Å²) in [6, 6.07) is 8.09. The zero-order valence-electron chi connectivity index (χ0n) is 16.0. The molecule has 2 aromatic carbocycles. The highest BCUT2D eigenvalue weighted by atomic mass is 35.5. The molecule has 3 aromatic rings. The van der Waals surface area contributed by atoms with Crippen LogP contribution in [0.25, 0.3) is 11.0 Å². The minimum atomic E-state index is -0.653. The third kappa shape index (κ3) is 3.23. The zero-order valence-corrected chi connectivity index (χ0v) is 17.5. The summed E-state index contributed by atoms with van der Waals surface area (Å²) in [6.45, 7) is 3.96. The Hall–Kier alpha value is -2.34. The van der Waals surface area contributed by atoms with Gasteiger partial charge in [-0.1, -0.05) is 35.3 Å². The van der Waals surface area contributed by atoms with E-state index in [9.17, 15) is 14.7 Å². The van der Waals surface area contributed by atoms with Gasteiger partial charge < -0.3 is 14.4 Å². The molecule has 1 aromatic heterocycles. The lowest BCUT2D eigenvalue weighted by Crippen LogP contribution is -2.31. The largest absolute Gasteiger partial charge is 0.450 e. The second-order valence-corrected chi connectivity index (χ2v) is 8.10. The molecule has 0 bridgehead atoms. The molecular formula is C22H19Cl2NO4. The predicted molar refractivity (Wildman–Crippen MR) is 113 cm³/mol. The van der Waals surface area contributed by atoms with Crippen LogP contribution in [-0.4, -0.2) is 29.1 Å². The van der Waals surface area contributed by atoms with Crippen molar-refractivity contribution in [1.29, 1.82) is 0 Å². The van der Waals surface area contributed by atoms with E-state index in [0.29, 0.717) is 38.6 Å². The van der Waals surface area contributed by atoms with Gasteiger partial charge in [0, 0.05) is 13.2 Å². The maximum Gasteiger partial charge on any atom is 0.290 e. The van der Waals surface area contributed by atoms with Gasteiger partial charge in [-0.3, -0.25) is 9.59 Å². The fraction of sp³-hybridized carbons (Fsp3) is 0.273. The molecule has 5 nitrogen and oxygen atoms in total. The van der Waals surface area contributed by atoms with Gasteiger partial charge in [-0.2, -0.15) is 0 Å². The Morgan fingerprint density at radius 1 is 1.10 bits per heavy atom. The first-order valence-corrected chi connectivity index (χ1v) is 10.0. The Morgan fingerprint density at radius 3 is 2.55 bits per heavy atom. The molecule has 0 saturated heterocycles. The maximum absolute atomic E-state index is 13.5. The van der Waals surface area contributed by atoms with Crippen molar-refractivity contribution in [3.8, 4) is 0 Å². The average Bonchev–Trinajstić information content (AvgIpc) is 2.95. The van der Waals surface area contributed by atoms with Crippen LogP contribution in [0.5, 0.6) is 0 Å². The number of nitrogens with zero attached hydrogens (tertiary/aromatic N) is 1. The number of amides is 1. The maximum atomic E-state index is 13.5. The summed E-state index contributed by atoms with van der Waals surface area (Å²) >= 11 is 12.3. The van der Waals surface area contributed by atoms with Gasteiger partial charge >= 0.3 is 0 Å². The summed E-state index contributed by atoms with van der Waals surface area (Å²) < 4.78 is 5.99. The molecule has 1 amide bonds. The highest BCUT2D eigenvalue weighted by Crippen LogP contribution is 2.40. The molecule has 1 aliphatic heterocycles. The van der Waals surface area contributed by atoms with Crippen LogP contribution in [0.3, 0.4) is 0 Å². The zero-order chi connectivity index (χ0) is 20.9. The third-order valence-corrected chi connectivity index (χ3v) is 5.95. The minimum Gasteiger partial charge on any atom is -0.450 e. The van der Waals surface area contributed by atoms with E-state index in [0.717, 1.165) is 11.1 Å². The van der Waals surface area contributed by atoms with E-state index in [1.54, 1.807) is 29.2 Å². The van der Waals surface area contributed by atoms with E-state index in [-0.39, 0.29) is 30.2 Å². The van der Waals surface area contributed by atoms with Gasteiger partial charge in [0.05, 0.1) is 27.0 Å². The average molecular weight is 432 g/mol. The molecule has 1 N–H and O–H groups in total. The van der Waals surface area contributed by atoms with Crippen LogP contribution in [0.1, 0.15) is 45.3 Å². The Morgan fingerprint density at radius 2 is 1.86 bits per heavy atom. The van der Waals surface area contributed by atoms with Crippen molar-refractivity contribution in [2.75, 3.05) is 13.2 Å². The molecule has 150 valence electrons. The Balaban J connectivity index is 2.01. The lowest BCUT2D eigenvalue weighted by molar-refractivity contribution is 0.0716. The molecular weight excluding hydrogens is 413 g/mol. The highest BCUT2D eigenvalue weighted by molar-refractivity contribution is 6.42. The summed E-state index contributed by atoms with van der Waals surface area (Å²) in [5.41, 5.74) is 2.89. The van der Waals surface area contributed by atoms with Crippen molar-refractivity contribution >= 4 is 40.1 Å². The van der Waals surface area contributed by atoms with Crippen LogP contribution in [0.4, 0.5) is 0 Å². The first-order valence-electron chi connectivity index (χ1n) is 9.28. The van der Waals surface area contributed by atoms with Crippen molar-refractivity contribution < 1.29 is 14.3 Å². The van der Waals surface area contributed by atoms with Gasteiger partial charge in [0.2, 0.25) is 5.76 Å². The fourth-order valence-electron chi connectivity index (χ4n) is 3.98. The standard InChI is InChI=1S/C22H19Cl2NO4/c1-11-8-12(2)20-14(9-11)19(27)17-18(13-4-5-15(23)16(24)10-13)25(6-3-7-26)22(28)21(17)29-20/h4-5,8-10,18,26H,3,6-7H2,1-2H3/t18-/m0/s1. The molecule has 7 heteroatoms. The van der Waals surface area contributed by atoms with Crippen molar-refractivity contribution in [3.05, 3.63) is 78.6 Å². The van der Waals surface area contributed by atoms with Gasteiger partial charge in [-0.25, -0.2) is 0 Å². The smallest absolute Gasteiger partial charge is 0.290 e. The number of carbonyl (C=O) groups excluding carboxylic acids is 1. The molecule has 0 aliphatic carbocycles. The molecule has 0 fully saturated rings. The van der Waals surface area contributed by atoms with Gasteiger partial charge in [0.1, 0.15) is 5.58 Å². The summed E-state index contributed by atoms with van der Waals surface area (Å²) in [7, 11) is 0. The van der Waals surface area contributed by atoms with Crippen LogP contribution >= 0.6 is 23.2 Å². The Kier molecular flexibility index (Phi) is 5.15. The number of benzene rings is 2. The number of rotatable bonds is 4. The molecule has 4 rings (SSSR count). The quantitative estimate of drug-likeness (QED) is 0.652. The number of aliphatic hydroxyl groups excluding tert-OH is 1. The van der Waals surface area contributed by atoms with Crippen molar-refractivity contribution in [1.82, 2.24) is 4.90 Å². The van der Waals surface area contributed by atoms with Crippen molar-refractivity contribution in [3.63, 3.8) is 0 Å². The number of hydrogen-bond donors (Lipinski definition) is 1. The van der Waals surface area contributed by atoms with E-state index in [4.69, 9.17) is 27.6 Å². The Labute approximate surface area is 177 Å². The van der Waals surface area contributed by atoms with Crippen LogP contribution in [0.2, 0.25) is 10.0 Å². The van der Waals surface area contributed by atoms with E-state index in [1.807, 2.05) is 19.9 Å². The minimum absolute atomic E-state index is 0.0449. The van der Waals surface area contributed by atoms with E-state index in [2.05, 4.69) is 0 Å². The molecule has 2 heterocycles. The molecule has 0 spiro atoms. The number of carbonyl (C=O) groups is 1. The van der Waals surface area contributed by atoms with Crippen LogP contribution < -0.4 is 5.43 Å². The molecule has 0 radical (unpaired) electrons. The second-order valence-electron chi connectivity index (χ2n) is 7.28. The molecule has 1 aliphatic rings. The summed E-state index contributed by atoms with van der Waals surface area (Å²) in [4.78, 5) is 28.2. The molecule has 1 atom stereocenters. The second kappa shape index (κ2) is 7.48. The predicted octanol–water partition coefficient (Wildman–Crippen LogP) is 4.64. The van der Waals surface area contributed by atoms with Crippen LogP contribution in [0, 0.1) is 13.8 Å². The van der Waals surface area contributed by atoms with Gasteiger partial charge in [0.25, 0.3) is 5.91 Å². The topological polar surface area (TPSA) is 70.8 Å². The third-order valence-electron chi connectivity index (χ3n) is 5.21. The first kappa shape index (κ1) is 20.0. The number of hydrogen-bond acceptors (Lipinski definition) is 4. The summed E-state index contributed by atoms with van der Waals surface area (Å²) in [5.74, 6) is -0.327. The van der Waals surface area contributed by atoms with Gasteiger partial charge in [-0.05, 0) is 55.2 Å². The van der Waals surface area contributed by atoms with Crippen LogP contribution in [-0.2, 0) is 0 Å². The summed E-state index contributed by atoms with van der Waals surface area (Å²) in [6.07, 6.45) is 0.378. The monoisotopic (exact) mass is 431 g/mol. The van der Waals surface area contributed by atoms with E-state index in [1.165, 1.54) is 0 Å². The van der Waals surface area contributed by atoms with Gasteiger partial charge in [0.15, 0.2) is 5.43 Å². The van der Waals surface area contributed by atoms with Crippen LogP contribution in [0.15, 0.2) is 39.5 Å². The Bertz CT molecular complexity index is 1200. The van der Waals surface area contributed by atoms with E-state index >= 15 is 0 Å². The first-order chi connectivity index (χ1) is 13.8. The number of fused-ring (bicyclic) bond motifs is 2. The normalized spacial score (nSPS) is 16.0. The molecule has 0 unspecified atom stereocenters. The molecule has 29 heavy (non-hydrogen) atoms. The highest BCUT2D eigenvalue weighted by Gasteiger charge is 2.42. The SMILES string of the molecule is Cc1cc(C)c2oc3c(c(=O)c2c1)[C@H](c1ccc(Cl)c(Cl)c1)N(CCCO)C3=O. The fourth-order valence-corrected chi connectivity index (χ4v) is 4.28.